The molecule has 0 spiro atoms. The first-order valence-electron chi connectivity index (χ1n) is 7.36. The third-order valence-electron chi connectivity index (χ3n) is 4.86. The quantitative estimate of drug-likeness (QED) is 0.780. The molecule has 3 rings (SSSR count). The lowest BCUT2D eigenvalue weighted by molar-refractivity contribution is -0.626. The molecule has 2 aliphatic rings. The fourth-order valence-electron chi connectivity index (χ4n) is 4.05. The number of benzene rings is 1. The second-order valence-electron chi connectivity index (χ2n) is 7.62. The van der Waals surface area contributed by atoms with Crippen LogP contribution in [-0.2, 0) is 20.3 Å². The van der Waals surface area contributed by atoms with Crippen molar-refractivity contribution in [3.63, 3.8) is 0 Å². The molecule has 1 aromatic rings. The van der Waals surface area contributed by atoms with Gasteiger partial charge >= 0.3 is 0 Å². The Balaban J connectivity index is 2.12. The molecule has 2 unspecified atom stereocenters. The van der Waals surface area contributed by atoms with Crippen molar-refractivity contribution in [2.75, 3.05) is 13.7 Å². The molecule has 4 heteroatoms. The maximum absolute atomic E-state index is 6.16. The Hall–Kier alpha value is -1.10. The van der Waals surface area contributed by atoms with E-state index in [2.05, 4.69) is 34.6 Å². The monoisotopic (exact) mass is 292 g/mol. The van der Waals surface area contributed by atoms with E-state index in [1.165, 1.54) is 0 Å². The average molecular weight is 292 g/mol. The molecule has 4 nitrogen and oxygen atoms in total. The molecule has 2 saturated heterocycles. The van der Waals surface area contributed by atoms with Crippen molar-refractivity contribution in [2.24, 2.45) is 10.8 Å². The van der Waals surface area contributed by atoms with E-state index < -0.39 is 11.4 Å². The van der Waals surface area contributed by atoms with Gasteiger partial charge < -0.3 is 9.47 Å². The summed E-state index contributed by atoms with van der Waals surface area (Å²) in [6.07, 6.45) is 0. The van der Waals surface area contributed by atoms with Gasteiger partial charge in [0.05, 0.1) is 13.7 Å². The molecule has 116 valence electrons. The van der Waals surface area contributed by atoms with Crippen LogP contribution in [0.3, 0.4) is 0 Å². The highest BCUT2D eigenvalue weighted by Gasteiger charge is 2.81. The number of hydrogen-bond donors (Lipinski definition) is 0. The molecule has 0 radical (unpaired) electrons. The van der Waals surface area contributed by atoms with Gasteiger partial charge in [-0.2, -0.15) is 4.89 Å². The highest BCUT2D eigenvalue weighted by atomic mass is 17.3. The van der Waals surface area contributed by atoms with Crippen molar-refractivity contribution >= 4 is 0 Å². The molecule has 2 fully saturated rings. The molecular weight excluding hydrogens is 268 g/mol. The summed E-state index contributed by atoms with van der Waals surface area (Å²) in [5, 5.41) is 0. The summed E-state index contributed by atoms with van der Waals surface area (Å²) >= 11 is 0. The van der Waals surface area contributed by atoms with Crippen LogP contribution in [0.5, 0.6) is 5.75 Å². The van der Waals surface area contributed by atoms with Gasteiger partial charge in [0.15, 0.2) is 5.60 Å². The van der Waals surface area contributed by atoms with Crippen LogP contribution in [0.2, 0.25) is 0 Å². The van der Waals surface area contributed by atoms with E-state index in [0.29, 0.717) is 6.61 Å². The standard InChI is InChI=1S/C17H24O4/c1-14(2,3)17-15(4,5)11-19-16(17,20-21-17)12-7-9-13(18-6)10-8-12/h7-10H,11H2,1-6H3. The largest absolute Gasteiger partial charge is 0.497 e. The van der Waals surface area contributed by atoms with Crippen molar-refractivity contribution in [3.8, 4) is 5.75 Å². The smallest absolute Gasteiger partial charge is 0.261 e. The Morgan fingerprint density at radius 2 is 1.67 bits per heavy atom. The maximum atomic E-state index is 6.16. The third kappa shape index (κ3) is 1.61. The molecule has 0 aliphatic carbocycles. The lowest BCUT2D eigenvalue weighted by Gasteiger charge is -2.61. The van der Waals surface area contributed by atoms with Gasteiger partial charge in [-0.05, 0) is 24.3 Å². The van der Waals surface area contributed by atoms with E-state index in [1.807, 2.05) is 24.3 Å². The maximum Gasteiger partial charge on any atom is 0.261 e. The summed E-state index contributed by atoms with van der Waals surface area (Å²) in [4.78, 5) is 11.4. The van der Waals surface area contributed by atoms with E-state index in [1.54, 1.807) is 7.11 Å². The van der Waals surface area contributed by atoms with E-state index in [0.717, 1.165) is 11.3 Å². The van der Waals surface area contributed by atoms with Crippen LogP contribution in [0.4, 0.5) is 0 Å². The van der Waals surface area contributed by atoms with Crippen molar-refractivity contribution in [1.82, 2.24) is 0 Å². The SMILES string of the molecule is COc1ccc(C23OCC(C)(C)C2(C(C)(C)C)OO3)cc1. The number of ether oxygens (including phenoxy) is 2. The summed E-state index contributed by atoms with van der Waals surface area (Å²) in [6, 6.07) is 7.83. The molecule has 0 aromatic heterocycles. The number of fused-ring (bicyclic) bond motifs is 1. The van der Waals surface area contributed by atoms with E-state index in [9.17, 15) is 0 Å². The van der Waals surface area contributed by atoms with Gasteiger partial charge in [0.1, 0.15) is 5.75 Å². The highest BCUT2D eigenvalue weighted by Crippen LogP contribution is 2.69. The summed E-state index contributed by atoms with van der Waals surface area (Å²) < 4.78 is 11.4. The van der Waals surface area contributed by atoms with Gasteiger partial charge in [-0.15, -0.1) is 0 Å². The van der Waals surface area contributed by atoms with Crippen LogP contribution in [0, 0.1) is 10.8 Å². The highest BCUT2D eigenvalue weighted by molar-refractivity contribution is 5.36. The van der Waals surface area contributed by atoms with Gasteiger partial charge in [0.2, 0.25) is 0 Å². The van der Waals surface area contributed by atoms with Crippen LogP contribution < -0.4 is 4.74 Å². The molecule has 0 bridgehead atoms. The first-order chi connectivity index (χ1) is 9.70. The predicted octanol–water partition coefficient (Wildman–Crippen LogP) is 3.65. The van der Waals surface area contributed by atoms with E-state index in [-0.39, 0.29) is 10.8 Å². The molecule has 21 heavy (non-hydrogen) atoms. The molecule has 2 heterocycles. The Labute approximate surface area is 126 Å². The first-order valence-corrected chi connectivity index (χ1v) is 7.36. The minimum atomic E-state index is -0.846. The Bertz CT molecular complexity index is 543. The van der Waals surface area contributed by atoms with Gasteiger partial charge in [-0.3, -0.25) is 0 Å². The third-order valence-corrected chi connectivity index (χ3v) is 4.86. The summed E-state index contributed by atoms with van der Waals surface area (Å²) in [5.74, 6) is -0.0323. The topological polar surface area (TPSA) is 36.9 Å². The van der Waals surface area contributed by atoms with Crippen LogP contribution in [0.15, 0.2) is 24.3 Å². The number of hydrogen-bond acceptors (Lipinski definition) is 4. The van der Waals surface area contributed by atoms with Gasteiger partial charge in [-0.25, -0.2) is 4.89 Å². The summed E-state index contributed by atoms with van der Waals surface area (Å²) in [5.41, 5.74) is 0.158. The second kappa shape index (κ2) is 4.22. The predicted molar refractivity (Wildman–Crippen MR) is 78.8 cm³/mol. The fourth-order valence-corrected chi connectivity index (χ4v) is 4.05. The fraction of sp³-hybridized carbons (Fsp3) is 0.647. The van der Waals surface area contributed by atoms with Gasteiger partial charge in [0.25, 0.3) is 5.79 Å². The van der Waals surface area contributed by atoms with Gasteiger partial charge in [-0.1, -0.05) is 34.6 Å². The Morgan fingerprint density at radius 1 is 1.05 bits per heavy atom. The van der Waals surface area contributed by atoms with E-state index in [4.69, 9.17) is 19.2 Å². The minimum Gasteiger partial charge on any atom is -0.497 e. The van der Waals surface area contributed by atoms with Crippen LogP contribution in [-0.4, -0.2) is 19.3 Å². The molecule has 1 aromatic carbocycles. The van der Waals surface area contributed by atoms with Crippen molar-refractivity contribution < 1.29 is 19.2 Å². The lowest BCUT2D eigenvalue weighted by atomic mass is 9.57. The van der Waals surface area contributed by atoms with Gasteiger partial charge in [0, 0.05) is 16.4 Å². The van der Waals surface area contributed by atoms with Crippen LogP contribution >= 0.6 is 0 Å². The molecule has 2 aliphatic heterocycles. The van der Waals surface area contributed by atoms with Crippen LogP contribution in [0.25, 0.3) is 0 Å². The van der Waals surface area contributed by atoms with Crippen LogP contribution in [0.1, 0.15) is 40.2 Å². The molecule has 0 amide bonds. The zero-order valence-electron chi connectivity index (χ0n) is 13.6. The van der Waals surface area contributed by atoms with Crippen molar-refractivity contribution in [1.29, 1.82) is 0 Å². The molecule has 0 N–H and O–H groups in total. The molecule has 2 atom stereocenters. The molecular formula is C17H24O4. The zero-order chi connectivity index (χ0) is 15.5. The number of methoxy groups -OCH3 is 1. The lowest BCUT2D eigenvalue weighted by Crippen LogP contribution is -2.72. The van der Waals surface area contributed by atoms with Crippen molar-refractivity contribution in [3.05, 3.63) is 29.8 Å². The molecule has 0 saturated carbocycles. The summed E-state index contributed by atoms with van der Waals surface area (Å²) in [7, 11) is 1.66. The van der Waals surface area contributed by atoms with Crippen molar-refractivity contribution in [2.45, 2.75) is 46.0 Å². The first kappa shape index (κ1) is 14.8. The number of rotatable bonds is 2. The normalized spacial score (nSPS) is 34.2. The minimum absolute atomic E-state index is 0.134. The van der Waals surface area contributed by atoms with E-state index >= 15 is 0 Å². The Kier molecular flexibility index (Phi) is 2.98. The Morgan fingerprint density at radius 3 is 2.10 bits per heavy atom. The second-order valence-corrected chi connectivity index (χ2v) is 7.62. The zero-order valence-corrected chi connectivity index (χ0v) is 13.6. The summed E-state index contributed by atoms with van der Waals surface area (Å²) in [6.45, 7) is 11.5. The average Bonchev–Trinajstić information content (AvgIpc) is 2.52.